The van der Waals surface area contributed by atoms with Gasteiger partial charge in [0, 0.05) is 24.5 Å². The Morgan fingerprint density at radius 2 is 1.47 bits per heavy atom. The maximum absolute atomic E-state index is 14.5. The molecule has 0 saturated carbocycles. The van der Waals surface area contributed by atoms with Gasteiger partial charge in [-0.25, -0.2) is 8.42 Å². The SMILES string of the molecule is Cc1ccc(S(=O)(=O)N(CC(=O)N(Cc2cccc(Cl)c2)C(Cc2ccccc2)C(=O)NCC(C)C)c2ccccc2Cl)cc1. The van der Waals surface area contributed by atoms with Crippen LogP contribution in [0.2, 0.25) is 10.0 Å². The van der Waals surface area contributed by atoms with Crippen LogP contribution in [-0.4, -0.2) is 44.3 Å². The zero-order valence-electron chi connectivity index (χ0n) is 25.5. The number of nitrogens with zero attached hydrogens (tertiary/aromatic N) is 2. The van der Waals surface area contributed by atoms with E-state index in [9.17, 15) is 18.0 Å². The number of amides is 2. The van der Waals surface area contributed by atoms with E-state index in [1.165, 1.54) is 17.0 Å². The van der Waals surface area contributed by atoms with Gasteiger partial charge in [0.05, 0.1) is 15.6 Å². The van der Waals surface area contributed by atoms with Crippen molar-refractivity contribution in [3.63, 3.8) is 0 Å². The van der Waals surface area contributed by atoms with E-state index in [4.69, 9.17) is 23.2 Å². The summed E-state index contributed by atoms with van der Waals surface area (Å²) in [5, 5.41) is 3.62. The Bertz CT molecular complexity index is 1710. The van der Waals surface area contributed by atoms with Crippen LogP contribution < -0.4 is 9.62 Å². The first-order valence-electron chi connectivity index (χ1n) is 14.6. The molecule has 1 unspecified atom stereocenters. The average Bonchev–Trinajstić information content (AvgIpc) is 3.01. The molecule has 0 aliphatic heterocycles. The van der Waals surface area contributed by atoms with Crippen LogP contribution >= 0.6 is 23.2 Å². The minimum Gasteiger partial charge on any atom is -0.354 e. The molecule has 0 heterocycles. The molecule has 10 heteroatoms. The van der Waals surface area contributed by atoms with Crippen molar-refractivity contribution in [3.05, 3.63) is 130 Å². The lowest BCUT2D eigenvalue weighted by Crippen LogP contribution is -2.53. The fourth-order valence-corrected chi connectivity index (χ4v) is 6.75. The molecule has 4 rings (SSSR count). The normalized spacial score (nSPS) is 12.0. The highest BCUT2D eigenvalue weighted by Crippen LogP contribution is 2.31. The van der Waals surface area contributed by atoms with Crippen molar-refractivity contribution < 1.29 is 18.0 Å². The van der Waals surface area contributed by atoms with Crippen LogP contribution in [0.1, 0.15) is 30.5 Å². The van der Waals surface area contributed by atoms with E-state index in [0.29, 0.717) is 17.1 Å². The number of aryl methyl sites for hydroxylation is 1. The molecule has 7 nitrogen and oxygen atoms in total. The molecule has 1 atom stereocenters. The van der Waals surface area contributed by atoms with Gasteiger partial charge in [-0.15, -0.1) is 0 Å². The van der Waals surface area contributed by atoms with Crippen LogP contribution in [0.3, 0.4) is 0 Å². The van der Waals surface area contributed by atoms with Crippen molar-refractivity contribution in [3.8, 4) is 0 Å². The van der Waals surface area contributed by atoms with Crippen LogP contribution in [-0.2, 0) is 32.6 Å². The highest BCUT2D eigenvalue weighted by atomic mass is 35.5. The summed E-state index contributed by atoms with van der Waals surface area (Å²) in [6, 6.07) is 28.3. The molecule has 45 heavy (non-hydrogen) atoms. The lowest BCUT2D eigenvalue weighted by atomic mass is 10.0. The number of benzene rings is 4. The number of hydrogen-bond donors (Lipinski definition) is 1. The molecular formula is C35H37Cl2N3O4S. The number of rotatable bonds is 13. The summed E-state index contributed by atoms with van der Waals surface area (Å²) in [6.07, 6.45) is 0.216. The molecule has 236 valence electrons. The van der Waals surface area contributed by atoms with E-state index in [1.54, 1.807) is 54.6 Å². The lowest BCUT2D eigenvalue weighted by Gasteiger charge is -2.34. The smallest absolute Gasteiger partial charge is 0.264 e. The molecule has 0 fully saturated rings. The number of halogens is 2. The van der Waals surface area contributed by atoms with Crippen molar-refractivity contribution >= 4 is 50.7 Å². The number of hydrogen-bond acceptors (Lipinski definition) is 4. The van der Waals surface area contributed by atoms with E-state index in [0.717, 1.165) is 15.4 Å². The molecule has 0 saturated heterocycles. The van der Waals surface area contributed by atoms with Crippen molar-refractivity contribution in [1.82, 2.24) is 10.2 Å². The van der Waals surface area contributed by atoms with Gasteiger partial charge in [0.1, 0.15) is 12.6 Å². The van der Waals surface area contributed by atoms with Crippen LogP contribution in [0.25, 0.3) is 0 Å². The zero-order valence-corrected chi connectivity index (χ0v) is 27.8. The summed E-state index contributed by atoms with van der Waals surface area (Å²) in [5.74, 6) is -0.737. The summed E-state index contributed by atoms with van der Waals surface area (Å²) < 4.78 is 29.3. The van der Waals surface area contributed by atoms with Crippen LogP contribution in [0.15, 0.2) is 108 Å². The fourth-order valence-electron chi connectivity index (χ4n) is 4.81. The maximum Gasteiger partial charge on any atom is 0.264 e. The Labute approximate surface area is 275 Å². The van der Waals surface area contributed by atoms with Crippen LogP contribution in [0.4, 0.5) is 5.69 Å². The number of para-hydroxylation sites is 1. The molecule has 4 aromatic rings. The standard InChI is InChI=1S/C35H37Cl2N3O4S/c1-25(2)22-38-35(42)33(21-27-10-5-4-6-11-27)39(23-28-12-9-13-29(36)20-28)34(41)24-40(32-15-8-7-14-31(32)37)45(43,44)30-18-16-26(3)17-19-30/h4-20,25,33H,21-24H2,1-3H3,(H,38,42). The Morgan fingerprint density at radius 3 is 2.11 bits per heavy atom. The Hall–Kier alpha value is -3.85. The third-order valence-corrected chi connectivity index (χ3v) is 9.54. The second-order valence-electron chi connectivity index (χ2n) is 11.3. The Kier molecular flexibility index (Phi) is 11.7. The molecule has 0 aliphatic carbocycles. The quantitative estimate of drug-likeness (QED) is 0.168. The van der Waals surface area contributed by atoms with Crippen LogP contribution in [0.5, 0.6) is 0 Å². The first-order chi connectivity index (χ1) is 21.5. The van der Waals surface area contributed by atoms with Gasteiger partial charge in [0.15, 0.2) is 0 Å². The third-order valence-electron chi connectivity index (χ3n) is 7.21. The molecule has 1 N–H and O–H groups in total. The monoisotopic (exact) mass is 665 g/mol. The number of carbonyl (C=O) groups excluding carboxylic acids is 2. The Balaban J connectivity index is 1.81. The lowest BCUT2D eigenvalue weighted by molar-refractivity contribution is -0.140. The number of carbonyl (C=O) groups is 2. The first-order valence-corrected chi connectivity index (χ1v) is 16.8. The van der Waals surface area contributed by atoms with E-state index >= 15 is 0 Å². The van der Waals surface area contributed by atoms with Crippen molar-refractivity contribution in [2.75, 3.05) is 17.4 Å². The predicted molar refractivity (Wildman–Crippen MR) is 181 cm³/mol. The average molecular weight is 667 g/mol. The number of nitrogens with one attached hydrogen (secondary N) is 1. The summed E-state index contributed by atoms with van der Waals surface area (Å²) in [4.78, 5) is 29.8. The van der Waals surface area contributed by atoms with Gasteiger partial charge in [-0.2, -0.15) is 0 Å². The molecular weight excluding hydrogens is 629 g/mol. The highest BCUT2D eigenvalue weighted by Gasteiger charge is 2.35. The summed E-state index contributed by atoms with van der Waals surface area (Å²) in [5.41, 5.74) is 2.58. The Morgan fingerprint density at radius 1 is 0.822 bits per heavy atom. The van der Waals surface area contributed by atoms with Gasteiger partial charge in [-0.3, -0.25) is 13.9 Å². The van der Waals surface area contributed by atoms with Gasteiger partial charge in [0.25, 0.3) is 10.0 Å². The van der Waals surface area contributed by atoms with E-state index in [1.807, 2.05) is 57.2 Å². The van der Waals surface area contributed by atoms with E-state index in [2.05, 4.69) is 5.32 Å². The zero-order chi connectivity index (χ0) is 32.6. The third kappa shape index (κ3) is 9.10. The number of sulfonamides is 1. The predicted octanol–water partition coefficient (Wildman–Crippen LogP) is 6.91. The van der Waals surface area contributed by atoms with Crippen molar-refractivity contribution in [1.29, 1.82) is 0 Å². The van der Waals surface area contributed by atoms with Crippen molar-refractivity contribution in [2.45, 2.75) is 44.7 Å². The molecule has 0 aliphatic rings. The highest BCUT2D eigenvalue weighted by molar-refractivity contribution is 7.92. The molecule has 0 radical (unpaired) electrons. The van der Waals surface area contributed by atoms with Gasteiger partial charge in [-0.1, -0.05) is 109 Å². The topological polar surface area (TPSA) is 86.8 Å². The summed E-state index contributed by atoms with van der Waals surface area (Å²) in [6.45, 7) is 5.67. The molecule has 2 amide bonds. The summed E-state index contributed by atoms with van der Waals surface area (Å²) in [7, 11) is -4.25. The van der Waals surface area contributed by atoms with Gasteiger partial charge in [-0.05, 0) is 60.4 Å². The largest absolute Gasteiger partial charge is 0.354 e. The molecule has 0 aromatic heterocycles. The second-order valence-corrected chi connectivity index (χ2v) is 14.0. The van der Waals surface area contributed by atoms with Gasteiger partial charge in [0.2, 0.25) is 11.8 Å². The van der Waals surface area contributed by atoms with Crippen LogP contribution in [0, 0.1) is 12.8 Å². The second kappa shape index (κ2) is 15.4. The summed E-state index contributed by atoms with van der Waals surface area (Å²) >= 11 is 12.8. The first kappa shape index (κ1) is 34.0. The fraction of sp³-hybridized carbons (Fsp3) is 0.257. The van der Waals surface area contributed by atoms with Crippen molar-refractivity contribution in [2.24, 2.45) is 5.92 Å². The number of anilines is 1. The minimum absolute atomic E-state index is 0.0118. The molecule has 0 spiro atoms. The maximum atomic E-state index is 14.5. The molecule has 4 aromatic carbocycles. The van der Waals surface area contributed by atoms with Gasteiger partial charge < -0.3 is 10.2 Å². The van der Waals surface area contributed by atoms with E-state index in [-0.39, 0.29) is 40.4 Å². The van der Waals surface area contributed by atoms with E-state index < -0.39 is 28.5 Å². The molecule has 0 bridgehead atoms. The van der Waals surface area contributed by atoms with Gasteiger partial charge >= 0.3 is 0 Å². The minimum atomic E-state index is -4.25.